The second-order valence-corrected chi connectivity index (χ2v) is 9.57. The van der Waals surface area contributed by atoms with Crippen molar-refractivity contribution in [2.75, 3.05) is 0 Å². The standard InChI is InChI=1S/C24H20Cl3N3O/c1-24(2,3)29-23(31)15-6-11-20-28-21(14-4-7-16(25)8-5-14)22(30(20)13-15)18-10-9-17(26)12-19(18)27/h4-13H,1-3H3,(H,29,31). The van der Waals surface area contributed by atoms with Crippen LogP contribution in [0.3, 0.4) is 0 Å². The normalized spacial score (nSPS) is 11.7. The molecule has 158 valence electrons. The van der Waals surface area contributed by atoms with Gasteiger partial charge < -0.3 is 5.32 Å². The molecule has 0 radical (unpaired) electrons. The number of pyridine rings is 1. The first-order valence-electron chi connectivity index (χ1n) is 9.68. The highest BCUT2D eigenvalue weighted by Crippen LogP contribution is 2.38. The lowest BCUT2D eigenvalue weighted by molar-refractivity contribution is 0.0919. The van der Waals surface area contributed by atoms with E-state index in [1.54, 1.807) is 24.4 Å². The van der Waals surface area contributed by atoms with E-state index in [9.17, 15) is 4.79 Å². The molecule has 0 spiro atoms. The van der Waals surface area contributed by atoms with Crippen molar-refractivity contribution in [1.82, 2.24) is 14.7 Å². The molecule has 1 N–H and O–H groups in total. The number of carbonyl (C=O) groups is 1. The number of carbonyl (C=O) groups excluding carboxylic acids is 1. The van der Waals surface area contributed by atoms with Crippen molar-refractivity contribution >= 4 is 46.4 Å². The van der Waals surface area contributed by atoms with Crippen LogP contribution in [0.2, 0.25) is 15.1 Å². The number of nitrogens with zero attached hydrogens (tertiary/aromatic N) is 2. The minimum absolute atomic E-state index is 0.163. The summed E-state index contributed by atoms with van der Waals surface area (Å²) in [6.07, 6.45) is 1.78. The third-order valence-electron chi connectivity index (χ3n) is 4.67. The molecule has 31 heavy (non-hydrogen) atoms. The molecular weight excluding hydrogens is 453 g/mol. The van der Waals surface area contributed by atoms with Gasteiger partial charge in [0, 0.05) is 32.9 Å². The fraction of sp³-hybridized carbons (Fsp3) is 0.167. The number of benzene rings is 2. The highest BCUT2D eigenvalue weighted by atomic mass is 35.5. The zero-order valence-electron chi connectivity index (χ0n) is 17.2. The molecule has 2 aromatic carbocycles. The number of hydrogen-bond donors (Lipinski definition) is 1. The highest BCUT2D eigenvalue weighted by molar-refractivity contribution is 6.36. The van der Waals surface area contributed by atoms with E-state index in [0.29, 0.717) is 26.3 Å². The predicted molar refractivity (Wildman–Crippen MR) is 128 cm³/mol. The summed E-state index contributed by atoms with van der Waals surface area (Å²) in [5.74, 6) is -0.163. The van der Waals surface area contributed by atoms with Gasteiger partial charge in [0.2, 0.25) is 0 Å². The molecule has 0 aliphatic heterocycles. The average Bonchev–Trinajstić information content (AvgIpc) is 3.06. The molecule has 4 rings (SSSR count). The van der Waals surface area contributed by atoms with Gasteiger partial charge in [0.05, 0.1) is 22.0 Å². The summed E-state index contributed by atoms with van der Waals surface area (Å²) in [6.45, 7) is 5.83. The SMILES string of the molecule is CC(C)(C)NC(=O)c1ccc2nc(-c3ccc(Cl)cc3)c(-c3ccc(Cl)cc3Cl)n2c1. The number of amides is 1. The van der Waals surface area contributed by atoms with E-state index in [1.807, 2.05) is 61.6 Å². The first-order valence-corrected chi connectivity index (χ1v) is 10.8. The first kappa shape index (κ1) is 21.7. The van der Waals surface area contributed by atoms with E-state index >= 15 is 0 Å². The van der Waals surface area contributed by atoms with E-state index in [0.717, 1.165) is 22.5 Å². The summed E-state index contributed by atoms with van der Waals surface area (Å²) in [5.41, 5.74) is 4.01. The maximum absolute atomic E-state index is 12.8. The lowest BCUT2D eigenvalue weighted by atomic mass is 10.0. The van der Waals surface area contributed by atoms with Crippen molar-refractivity contribution in [2.45, 2.75) is 26.3 Å². The van der Waals surface area contributed by atoms with E-state index < -0.39 is 0 Å². The molecule has 0 unspecified atom stereocenters. The van der Waals surface area contributed by atoms with Crippen LogP contribution >= 0.6 is 34.8 Å². The molecule has 0 aliphatic carbocycles. The van der Waals surface area contributed by atoms with Crippen LogP contribution in [-0.4, -0.2) is 20.8 Å². The molecular formula is C24H20Cl3N3O. The monoisotopic (exact) mass is 471 g/mol. The minimum atomic E-state index is -0.349. The Morgan fingerprint density at radius 3 is 2.26 bits per heavy atom. The molecule has 0 fully saturated rings. The van der Waals surface area contributed by atoms with Crippen LogP contribution < -0.4 is 5.32 Å². The first-order chi connectivity index (χ1) is 14.6. The van der Waals surface area contributed by atoms with Crippen molar-refractivity contribution in [3.05, 3.63) is 81.4 Å². The van der Waals surface area contributed by atoms with Crippen molar-refractivity contribution in [3.8, 4) is 22.5 Å². The molecule has 0 bridgehead atoms. The number of nitrogens with one attached hydrogen (secondary N) is 1. The lowest BCUT2D eigenvalue weighted by Crippen LogP contribution is -2.40. The Morgan fingerprint density at radius 1 is 0.935 bits per heavy atom. The Morgan fingerprint density at radius 2 is 1.61 bits per heavy atom. The largest absolute Gasteiger partial charge is 0.347 e. The molecule has 0 atom stereocenters. The van der Waals surface area contributed by atoms with Crippen molar-refractivity contribution in [1.29, 1.82) is 0 Å². The van der Waals surface area contributed by atoms with Crippen LogP contribution in [0.4, 0.5) is 0 Å². The average molecular weight is 473 g/mol. The highest BCUT2D eigenvalue weighted by Gasteiger charge is 2.21. The van der Waals surface area contributed by atoms with Crippen LogP contribution in [0.15, 0.2) is 60.8 Å². The van der Waals surface area contributed by atoms with Crippen LogP contribution in [-0.2, 0) is 0 Å². The molecule has 0 aliphatic rings. The quantitative estimate of drug-likeness (QED) is 0.344. The van der Waals surface area contributed by atoms with Gasteiger partial charge in [-0.25, -0.2) is 4.98 Å². The summed E-state index contributed by atoms with van der Waals surface area (Å²) in [4.78, 5) is 17.6. The third kappa shape index (κ3) is 4.57. The number of halogens is 3. The van der Waals surface area contributed by atoms with Crippen molar-refractivity contribution < 1.29 is 4.79 Å². The minimum Gasteiger partial charge on any atom is -0.347 e. The van der Waals surface area contributed by atoms with E-state index in [2.05, 4.69) is 5.32 Å². The van der Waals surface area contributed by atoms with Crippen LogP contribution in [0.5, 0.6) is 0 Å². The maximum Gasteiger partial charge on any atom is 0.253 e. The zero-order valence-corrected chi connectivity index (χ0v) is 19.5. The van der Waals surface area contributed by atoms with Gasteiger partial charge in [-0.2, -0.15) is 0 Å². The summed E-state index contributed by atoms with van der Waals surface area (Å²) in [7, 11) is 0. The Hall–Kier alpha value is -2.53. The summed E-state index contributed by atoms with van der Waals surface area (Å²) in [5, 5.41) is 4.67. The Balaban J connectivity index is 1.97. The number of hydrogen-bond acceptors (Lipinski definition) is 2. The number of rotatable bonds is 3. The second-order valence-electron chi connectivity index (χ2n) is 8.29. The Labute approximate surface area is 195 Å². The fourth-order valence-electron chi connectivity index (χ4n) is 3.34. The van der Waals surface area contributed by atoms with Gasteiger partial charge in [-0.3, -0.25) is 9.20 Å². The molecule has 4 aromatic rings. The van der Waals surface area contributed by atoms with Crippen molar-refractivity contribution in [2.24, 2.45) is 0 Å². The maximum atomic E-state index is 12.8. The van der Waals surface area contributed by atoms with Gasteiger partial charge in [0.25, 0.3) is 5.91 Å². The van der Waals surface area contributed by atoms with Gasteiger partial charge in [-0.1, -0.05) is 46.9 Å². The molecule has 1 amide bonds. The number of imidazole rings is 1. The van der Waals surface area contributed by atoms with E-state index in [1.165, 1.54) is 0 Å². The lowest BCUT2D eigenvalue weighted by Gasteiger charge is -2.20. The van der Waals surface area contributed by atoms with E-state index in [4.69, 9.17) is 39.8 Å². The van der Waals surface area contributed by atoms with Gasteiger partial charge in [-0.05, 0) is 63.2 Å². The smallest absolute Gasteiger partial charge is 0.253 e. The third-order valence-corrected chi connectivity index (χ3v) is 5.47. The van der Waals surface area contributed by atoms with Crippen molar-refractivity contribution in [3.63, 3.8) is 0 Å². The fourth-order valence-corrected chi connectivity index (χ4v) is 3.96. The summed E-state index contributed by atoms with van der Waals surface area (Å²) in [6, 6.07) is 16.4. The van der Waals surface area contributed by atoms with E-state index in [-0.39, 0.29) is 11.4 Å². The predicted octanol–water partition coefficient (Wildman–Crippen LogP) is 7.16. The van der Waals surface area contributed by atoms with Gasteiger partial charge in [-0.15, -0.1) is 0 Å². The van der Waals surface area contributed by atoms with Crippen LogP contribution in [0, 0.1) is 0 Å². The number of fused-ring (bicyclic) bond motifs is 1. The molecule has 0 saturated carbocycles. The zero-order chi connectivity index (χ0) is 22.3. The summed E-state index contributed by atoms with van der Waals surface area (Å²) < 4.78 is 1.89. The van der Waals surface area contributed by atoms with Gasteiger partial charge >= 0.3 is 0 Å². The van der Waals surface area contributed by atoms with Gasteiger partial charge in [0.1, 0.15) is 5.65 Å². The second kappa shape index (κ2) is 8.19. The van der Waals surface area contributed by atoms with Crippen LogP contribution in [0.1, 0.15) is 31.1 Å². The number of aromatic nitrogens is 2. The molecule has 0 saturated heterocycles. The van der Waals surface area contributed by atoms with Gasteiger partial charge in [0.15, 0.2) is 0 Å². The molecule has 7 heteroatoms. The Kier molecular flexibility index (Phi) is 5.73. The van der Waals surface area contributed by atoms with Crippen LogP contribution in [0.25, 0.3) is 28.2 Å². The summed E-state index contributed by atoms with van der Waals surface area (Å²) >= 11 is 18.8. The Bertz CT molecular complexity index is 1290. The molecule has 4 nitrogen and oxygen atoms in total. The molecule has 2 aromatic heterocycles. The topological polar surface area (TPSA) is 46.4 Å². The molecule has 2 heterocycles.